The highest BCUT2D eigenvalue weighted by atomic mass is 79.9. The fourth-order valence-electron chi connectivity index (χ4n) is 2.55. The number of aryl methyl sites for hydroxylation is 1. The van der Waals surface area contributed by atoms with E-state index in [1.807, 2.05) is 41.9 Å². The van der Waals surface area contributed by atoms with Crippen LogP contribution in [0.5, 0.6) is 5.88 Å². The first kappa shape index (κ1) is 15.7. The number of benzene rings is 1. The third-order valence-corrected chi connectivity index (χ3v) is 5.17. The monoisotopic (exact) mass is 383 g/mol. The summed E-state index contributed by atoms with van der Waals surface area (Å²) in [6.07, 6.45) is -0.528. The molecule has 1 aromatic heterocycles. The molecule has 0 spiro atoms. The Balaban J connectivity index is 1.80. The number of thioether (sulfide) groups is 1. The number of rotatable bonds is 3. The molecule has 1 amide bonds. The molecule has 0 N–H and O–H groups in total. The summed E-state index contributed by atoms with van der Waals surface area (Å²) in [5.41, 5.74) is 0.979. The van der Waals surface area contributed by atoms with Gasteiger partial charge in [0.1, 0.15) is 0 Å². The Labute approximate surface area is 142 Å². The second-order valence-corrected chi connectivity index (χ2v) is 7.43. The highest BCUT2D eigenvalue weighted by Gasteiger charge is 2.25. The van der Waals surface area contributed by atoms with E-state index >= 15 is 0 Å². The third kappa shape index (κ3) is 3.10. The van der Waals surface area contributed by atoms with Crippen molar-refractivity contribution in [2.24, 2.45) is 7.05 Å². The molecule has 118 valence electrons. The van der Waals surface area contributed by atoms with Crippen LogP contribution in [0.1, 0.15) is 6.92 Å². The highest BCUT2D eigenvalue weighted by Crippen LogP contribution is 2.28. The molecule has 1 saturated heterocycles. The standard InChI is InChI=1S/C15H18BrN3O2S/c1-10(15(20)19-5-7-22-8-6-19)21-14-12-9-11(16)3-4-13(12)18(2)17-14/h3-4,9-10H,5-8H2,1-2H3/t10-/m1/s1. The van der Waals surface area contributed by atoms with Gasteiger partial charge in [-0.15, -0.1) is 5.10 Å². The number of hydrogen-bond acceptors (Lipinski definition) is 4. The van der Waals surface area contributed by atoms with Crippen LogP contribution in [-0.2, 0) is 11.8 Å². The fourth-order valence-corrected chi connectivity index (χ4v) is 3.82. The van der Waals surface area contributed by atoms with Gasteiger partial charge in [-0.25, -0.2) is 0 Å². The van der Waals surface area contributed by atoms with Crippen molar-refractivity contribution < 1.29 is 9.53 Å². The fraction of sp³-hybridized carbons (Fsp3) is 0.467. The molecule has 2 aromatic rings. The van der Waals surface area contributed by atoms with Gasteiger partial charge >= 0.3 is 0 Å². The van der Waals surface area contributed by atoms with Crippen LogP contribution in [0.15, 0.2) is 22.7 Å². The maximum Gasteiger partial charge on any atom is 0.263 e. The summed E-state index contributed by atoms with van der Waals surface area (Å²) in [5, 5.41) is 5.31. The Kier molecular flexibility index (Phi) is 4.63. The van der Waals surface area contributed by atoms with E-state index in [1.54, 1.807) is 11.6 Å². The molecule has 0 radical (unpaired) electrons. The Morgan fingerprint density at radius 3 is 2.86 bits per heavy atom. The largest absolute Gasteiger partial charge is 0.463 e. The number of ether oxygens (including phenoxy) is 1. The van der Waals surface area contributed by atoms with Gasteiger partial charge in [-0.3, -0.25) is 9.48 Å². The van der Waals surface area contributed by atoms with E-state index in [1.165, 1.54) is 0 Å². The van der Waals surface area contributed by atoms with Gasteiger partial charge in [-0.2, -0.15) is 11.8 Å². The zero-order chi connectivity index (χ0) is 15.7. The van der Waals surface area contributed by atoms with E-state index in [0.29, 0.717) is 5.88 Å². The molecule has 0 saturated carbocycles. The van der Waals surface area contributed by atoms with Crippen LogP contribution < -0.4 is 4.74 Å². The predicted molar refractivity (Wildman–Crippen MR) is 92.4 cm³/mol. The molecule has 5 nitrogen and oxygen atoms in total. The minimum Gasteiger partial charge on any atom is -0.463 e. The van der Waals surface area contributed by atoms with Gasteiger partial charge in [-0.1, -0.05) is 15.9 Å². The molecule has 3 rings (SSSR count). The maximum absolute atomic E-state index is 12.5. The average molecular weight is 384 g/mol. The normalized spacial score (nSPS) is 16.8. The Bertz CT molecular complexity index is 697. The zero-order valence-corrected chi connectivity index (χ0v) is 15.0. The number of halogens is 1. The van der Waals surface area contributed by atoms with Crippen LogP contribution in [0.4, 0.5) is 0 Å². The van der Waals surface area contributed by atoms with Gasteiger partial charge in [0.2, 0.25) is 5.88 Å². The number of carbonyl (C=O) groups excluding carboxylic acids is 1. The lowest BCUT2D eigenvalue weighted by Gasteiger charge is -2.28. The molecule has 1 fully saturated rings. The van der Waals surface area contributed by atoms with Gasteiger partial charge in [0.05, 0.1) is 10.9 Å². The maximum atomic E-state index is 12.5. The van der Waals surface area contributed by atoms with Crippen molar-refractivity contribution in [1.29, 1.82) is 0 Å². The molecule has 0 bridgehead atoms. The van der Waals surface area contributed by atoms with Crippen molar-refractivity contribution in [3.63, 3.8) is 0 Å². The minimum absolute atomic E-state index is 0.0362. The molecular weight excluding hydrogens is 366 g/mol. The lowest BCUT2D eigenvalue weighted by molar-refractivity contribution is -0.137. The highest BCUT2D eigenvalue weighted by molar-refractivity contribution is 9.10. The van der Waals surface area contributed by atoms with Gasteiger partial charge in [0.15, 0.2) is 6.10 Å². The number of nitrogens with zero attached hydrogens (tertiary/aromatic N) is 3. The quantitative estimate of drug-likeness (QED) is 0.817. The molecule has 1 atom stereocenters. The summed E-state index contributed by atoms with van der Waals surface area (Å²) in [4.78, 5) is 14.3. The van der Waals surface area contributed by atoms with Crippen LogP contribution in [0, 0.1) is 0 Å². The van der Waals surface area contributed by atoms with Crippen molar-refractivity contribution in [2.45, 2.75) is 13.0 Å². The molecule has 1 aliphatic heterocycles. The predicted octanol–water partition coefficient (Wildman–Crippen LogP) is 2.68. The number of aromatic nitrogens is 2. The van der Waals surface area contributed by atoms with Crippen LogP contribution >= 0.6 is 27.7 Å². The smallest absolute Gasteiger partial charge is 0.263 e. The van der Waals surface area contributed by atoms with Crippen molar-refractivity contribution >= 4 is 44.5 Å². The van der Waals surface area contributed by atoms with Crippen molar-refractivity contribution in [3.8, 4) is 5.88 Å². The topological polar surface area (TPSA) is 47.4 Å². The number of fused-ring (bicyclic) bond motifs is 1. The summed E-state index contributed by atoms with van der Waals surface area (Å²) < 4.78 is 8.60. The first-order chi connectivity index (χ1) is 10.6. The summed E-state index contributed by atoms with van der Waals surface area (Å²) in [5.74, 6) is 2.54. The van der Waals surface area contributed by atoms with Crippen molar-refractivity contribution in [1.82, 2.24) is 14.7 Å². The summed E-state index contributed by atoms with van der Waals surface area (Å²) in [6, 6.07) is 5.91. The van der Waals surface area contributed by atoms with E-state index in [-0.39, 0.29) is 5.91 Å². The van der Waals surface area contributed by atoms with Crippen molar-refractivity contribution in [3.05, 3.63) is 22.7 Å². The Morgan fingerprint density at radius 2 is 2.14 bits per heavy atom. The van der Waals surface area contributed by atoms with Crippen LogP contribution in [-0.4, -0.2) is 51.3 Å². The molecular formula is C15H18BrN3O2S. The van der Waals surface area contributed by atoms with Crippen LogP contribution in [0.2, 0.25) is 0 Å². The van der Waals surface area contributed by atoms with Gasteiger partial charge < -0.3 is 9.64 Å². The molecule has 0 unspecified atom stereocenters. The van der Waals surface area contributed by atoms with Gasteiger partial charge in [0.25, 0.3) is 5.91 Å². The minimum atomic E-state index is -0.528. The van der Waals surface area contributed by atoms with E-state index in [9.17, 15) is 4.79 Å². The Morgan fingerprint density at radius 1 is 1.41 bits per heavy atom. The molecule has 1 aromatic carbocycles. The number of hydrogen-bond donors (Lipinski definition) is 0. The zero-order valence-electron chi connectivity index (χ0n) is 12.6. The van der Waals surface area contributed by atoms with Gasteiger partial charge in [-0.05, 0) is 25.1 Å². The number of carbonyl (C=O) groups is 1. The summed E-state index contributed by atoms with van der Waals surface area (Å²) in [7, 11) is 1.87. The van der Waals surface area contributed by atoms with E-state index < -0.39 is 6.10 Å². The Hall–Kier alpha value is -1.21. The van der Waals surface area contributed by atoms with E-state index in [2.05, 4.69) is 21.0 Å². The third-order valence-electron chi connectivity index (χ3n) is 3.74. The molecule has 2 heterocycles. The lowest BCUT2D eigenvalue weighted by Crippen LogP contribution is -2.44. The molecule has 7 heteroatoms. The lowest BCUT2D eigenvalue weighted by atomic mass is 10.2. The van der Waals surface area contributed by atoms with Gasteiger partial charge in [0, 0.05) is 36.1 Å². The molecule has 22 heavy (non-hydrogen) atoms. The van der Waals surface area contributed by atoms with Crippen LogP contribution in [0.25, 0.3) is 10.9 Å². The second-order valence-electron chi connectivity index (χ2n) is 5.29. The van der Waals surface area contributed by atoms with Crippen molar-refractivity contribution in [2.75, 3.05) is 24.6 Å². The summed E-state index contributed by atoms with van der Waals surface area (Å²) >= 11 is 5.35. The first-order valence-corrected chi connectivity index (χ1v) is 9.16. The second kappa shape index (κ2) is 6.50. The van der Waals surface area contributed by atoms with Crippen LogP contribution in [0.3, 0.4) is 0 Å². The number of amides is 1. The van der Waals surface area contributed by atoms with E-state index in [4.69, 9.17) is 4.74 Å². The SMILES string of the molecule is C[C@@H](Oc1nn(C)c2ccc(Br)cc12)C(=O)N1CCSCC1. The average Bonchev–Trinajstić information content (AvgIpc) is 2.83. The molecule has 0 aliphatic carbocycles. The molecule has 1 aliphatic rings. The summed E-state index contributed by atoms with van der Waals surface area (Å²) in [6.45, 7) is 3.39. The first-order valence-electron chi connectivity index (χ1n) is 7.21. The van der Waals surface area contributed by atoms with E-state index in [0.717, 1.165) is 40.0 Å².